The zero-order valence-corrected chi connectivity index (χ0v) is 15.7. The van der Waals surface area contributed by atoms with Crippen molar-refractivity contribution in [2.45, 2.75) is 6.92 Å². The second-order valence-corrected chi connectivity index (χ2v) is 7.35. The van der Waals surface area contributed by atoms with Gasteiger partial charge >= 0.3 is 0 Å². The highest BCUT2D eigenvalue weighted by Gasteiger charge is 2.16. The number of nitrogens with one attached hydrogen (secondary N) is 1. The Labute approximate surface area is 165 Å². The first-order valence-corrected chi connectivity index (χ1v) is 9.43. The molecule has 28 heavy (non-hydrogen) atoms. The van der Waals surface area contributed by atoms with E-state index in [0.717, 1.165) is 15.8 Å². The smallest absolute Gasteiger partial charge is 0.258 e. The van der Waals surface area contributed by atoms with Gasteiger partial charge in [-0.05, 0) is 41.8 Å². The van der Waals surface area contributed by atoms with Gasteiger partial charge in [-0.3, -0.25) is 10.1 Å². The van der Waals surface area contributed by atoms with Gasteiger partial charge in [0.05, 0.1) is 16.2 Å². The summed E-state index contributed by atoms with van der Waals surface area (Å²) in [6.07, 6.45) is 0. The van der Waals surface area contributed by atoms with Crippen molar-refractivity contribution >= 4 is 38.6 Å². The predicted octanol–water partition coefficient (Wildman–Crippen LogP) is 3.89. The van der Waals surface area contributed by atoms with Gasteiger partial charge in [0.1, 0.15) is 0 Å². The Morgan fingerprint density at radius 1 is 0.929 bits per heavy atom. The number of amides is 1. The highest BCUT2D eigenvalue weighted by molar-refractivity contribution is 7.22. The maximum atomic E-state index is 12.9. The van der Waals surface area contributed by atoms with Crippen LogP contribution in [0.25, 0.3) is 21.3 Å². The lowest BCUT2D eigenvalue weighted by atomic mass is 9.95. The van der Waals surface area contributed by atoms with Crippen molar-refractivity contribution in [3.8, 4) is 11.1 Å². The van der Waals surface area contributed by atoms with Crippen molar-refractivity contribution in [1.29, 1.82) is 0 Å². The Kier molecular flexibility index (Phi) is 4.63. The van der Waals surface area contributed by atoms with Crippen molar-refractivity contribution in [3.05, 3.63) is 83.4 Å². The molecular formula is C22H15N2O3S-. The van der Waals surface area contributed by atoms with Crippen LogP contribution < -0.4 is 10.4 Å². The van der Waals surface area contributed by atoms with Gasteiger partial charge in [-0.2, -0.15) is 0 Å². The largest absolute Gasteiger partial charge is 0.545 e. The molecule has 1 amide bonds. The molecule has 0 fully saturated rings. The number of hydrogen-bond acceptors (Lipinski definition) is 5. The number of hydrogen-bond donors (Lipinski definition) is 1. The number of anilines is 1. The van der Waals surface area contributed by atoms with Crippen LogP contribution in [0.3, 0.4) is 0 Å². The summed E-state index contributed by atoms with van der Waals surface area (Å²) in [5, 5.41) is 14.8. The Morgan fingerprint density at radius 3 is 2.29 bits per heavy atom. The molecule has 3 aromatic carbocycles. The number of nitrogens with zero attached hydrogens (tertiary/aromatic N) is 1. The molecule has 1 N–H and O–H groups in total. The van der Waals surface area contributed by atoms with Crippen LogP contribution in [0, 0.1) is 6.92 Å². The fraction of sp³-hybridized carbons (Fsp3) is 0.0455. The van der Waals surface area contributed by atoms with E-state index in [1.165, 1.54) is 17.4 Å². The molecule has 6 heteroatoms. The first-order chi connectivity index (χ1) is 13.5. The lowest BCUT2D eigenvalue weighted by Crippen LogP contribution is -2.23. The Hall–Kier alpha value is -3.51. The molecule has 0 atom stereocenters. The van der Waals surface area contributed by atoms with Crippen molar-refractivity contribution in [1.82, 2.24) is 4.98 Å². The number of benzene rings is 3. The van der Waals surface area contributed by atoms with Crippen LogP contribution in [-0.2, 0) is 0 Å². The summed E-state index contributed by atoms with van der Waals surface area (Å²) in [5.41, 5.74) is 3.31. The Balaban J connectivity index is 1.72. The third kappa shape index (κ3) is 3.37. The van der Waals surface area contributed by atoms with E-state index < -0.39 is 5.97 Å². The second-order valence-electron chi connectivity index (χ2n) is 6.32. The van der Waals surface area contributed by atoms with Crippen molar-refractivity contribution in [3.63, 3.8) is 0 Å². The van der Waals surface area contributed by atoms with Crippen LogP contribution >= 0.6 is 11.3 Å². The molecule has 0 aliphatic carbocycles. The van der Waals surface area contributed by atoms with Crippen LogP contribution in [0.4, 0.5) is 5.13 Å². The summed E-state index contributed by atoms with van der Waals surface area (Å²) < 4.78 is 0.992. The first-order valence-electron chi connectivity index (χ1n) is 8.61. The summed E-state index contributed by atoms with van der Waals surface area (Å²) >= 11 is 1.40. The average Bonchev–Trinajstić information content (AvgIpc) is 3.09. The standard InChI is InChI=1S/C22H16N2O3S/c1-13-10-11-18-19(12-13)28-22(23-18)24-20(25)16-8-4-2-6-14(16)15-7-3-5-9-17(15)21(26)27/h2-12H,1H3,(H,26,27)(H,23,24,25)/p-1. The van der Waals surface area contributed by atoms with E-state index in [4.69, 9.17) is 0 Å². The van der Waals surface area contributed by atoms with Gasteiger partial charge in [0, 0.05) is 11.1 Å². The molecule has 138 valence electrons. The fourth-order valence-electron chi connectivity index (χ4n) is 3.06. The number of thiazole rings is 1. The SMILES string of the molecule is Cc1ccc2nc(NC(=O)c3ccccc3-c3ccccc3C(=O)[O-])sc2c1. The van der Waals surface area contributed by atoms with Gasteiger partial charge in [-0.15, -0.1) is 0 Å². The molecule has 0 spiro atoms. The van der Waals surface area contributed by atoms with Crippen LogP contribution in [-0.4, -0.2) is 16.9 Å². The normalized spacial score (nSPS) is 10.8. The van der Waals surface area contributed by atoms with Crippen molar-refractivity contribution < 1.29 is 14.7 Å². The first kappa shape index (κ1) is 17.9. The molecule has 1 heterocycles. The van der Waals surface area contributed by atoms with Gasteiger partial charge in [-0.25, -0.2) is 4.98 Å². The number of aryl methyl sites for hydroxylation is 1. The van der Waals surface area contributed by atoms with Crippen LogP contribution in [0.15, 0.2) is 66.7 Å². The molecular weight excluding hydrogens is 372 g/mol. The maximum absolute atomic E-state index is 12.9. The quantitative estimate of drug-likeness (QED) is 0.576. The molecule has 4 aromatic rings. The molecule has 0 saturated heterocycles. The number of aromatic nitrogens is 1. The predicted molar refractivity (Wildman–Crippen MR) is 109 cm³/mol. The molecule has 1 aromatic heterocycles. The van der Waals surface area contributed by atoms with E-state index in [-0.39, 0.29) is 11.5 Å². The number of carboxylic acid groups (broad SMARTS) is 1. The van der Waals surface area contributed by atoms with E-state index in [0.29, 0.717) is 21.8 Å². The van der Waals surface area contributed by atoms with E-state index >= 15 is 0 Å². The Morgan fingerprint density at radius 2 is 1.57 bits per heavy atom. The maximum Gasteiger partial charge on any atom is 0.258 e. The Bertz CT molecular complexity index is 1210. The number of fused-ring (bicyclic) bond motifs is 1. The lowest BCUT2D eigenvalue weighted by Gasteiger charge is -2.14. The molecule has 0 unspecified atom stereocenters. The summed E-state index contributed by atoms with van der Waals surface area (Å²) in [6, 6.07) is 19.3. The average molecular weight is 387 g/mol. The van der Waals surface area contributed by atoms with Crippen LogP contribution in [0.2, 0.25) is 0 Å². The monoisotopic (exact) mass is 387 g/mol. The second kappa shape index (κ2) is 7.25. The molecule has 0 aliphatic heterocycles. The van der Waals surface area contributed by atoms with E-state index in [1.807, 2.05) is 25.1 Å². The zero-order valence-electron chi connectivity index (χ0n) is 14.9. The third-order valence-corrected chi connectivity index (χ3v) is 5.31. The zero-order chi connectivity index (χ0) is 19.7. The number of carboxylic acids is 1. The van der Waals surface area contributed by atoms with Gasteiger partial charge < -0.3 is 9.90 Å². The summed E-state index contributed by atoms with van der Waals surface area (Å²) in [5.74, 6) is -1.63. The van der Waals surface area contributed by atoms with Crippen LogP contribution in [0.5, 0.6) is 0 Å². The molecule has 0 radical (unpaired) electrons. The molecule has 4 rings (SSSR count). The summed E-state index contributed by atoms with van der Waals surface area (Å²) in [7, 11) is 0. The highest BCUT2D eigenvalue weighted by atomic mass is 32.1. The topological polar surface area (TPSA) is 82.1 Å². The minimum absolute atomic E-state index is 0.0400. The number of aromatic carboxylic acids is 1. The van der Waals surface area contributed by atoms with Gasteiger partial charge in [-0.1, -0.05) is 59.9 Å². The van der Waals surface area contributed by atoms with Gasteiger partial charge in [0.2, 0.25) is 0 Å². The molecule has 0 saturated carbocycles. The van der Waals surface area contributed by atoms with Gasteiger partial charge in [0.15, 0.2) is 5.13 Å². The van der Waals surface area contributed by atoms with Crippen LogP contribution in [0.1, 0.15) is 26.3 Å². The summed E-state index contributed by atoms with van der Waals surface area (Å²) in [6.45, 7) is 2.00. The lowest BCUT2D eigenvalue weighted by molar-refractivity contribution is -0.254. The molecule has 5 nitrogen and oxygen atoms in total. The third-order valence-electron chi connectivity index (χ3n) is 4.37. The number of rotatable bonds is 4. The highest BCUT2D eigenvalue weighted by Crippen LogP contribution is 2.30. The molecule has 0 aliphatic rings. The van der Waals surface area contributed by atoms with E-state index in [9.17, 15) is 14.7 Å². The number of carbonyl (C=O) groups is 2. The minimum atomic E-state index is -1.28. The van der Waals surface area contributed by atoms with E-state index in [1.54, 1.807) is 42.5 Å². The minimum Gasteiger partial charge on any atom is -0.545 e. The van der Waals surface area contributed by atoms with Gasteiger partial charge in [0.25, 0.3) is 5.91 Å². The van der Waals surface area contributed by atoms with Crippen molar-refractivity contribution in [2.75, 3.05) is 5.32 Å². The number of carbonyl (C=O) groups excluding carboxylic acids is 2. The fourth-order valence-corrected chi connectivity index (χ4v) is 4.02. The summed E-state index contributed by atoms with van der Waals surface area (Å²) in [4.78, 5) is 28.8. The molecule has 0 bridgehead atoms. The van der Waals surface area contributed by atoms with Crippen molar-refractivity contribution in [2.24, 2.45) is 0 Å². The van der Waals surface area contributed by atoms with E-state index in [2.05, 4.69) is 10.3 Å².